The van der Waals surface area contributed by atoms with Crippen molar-refractivity contribution in [3.63, 3.8) is 0 Å². The van der Waals surface area contributed by atoms with E-state index < -0.39 is 17.2 Å². The fraction of sp³-hybridized carbons (Fsp3) is 0.350. The SMILES string of the molecule is O=C(NC1(c2c(F)cccc2F)CCC1)C1CNCc2ccccc21. The summed E-state index contributed by atoms with van der Waals surface area (Å²) >= 11 is 0. The number of benzene rings is 2. The molecule has 0 spiro atoms. The third-order valence-electron chi connectivity index (χ3n) is 5.42. The minimum atomic E-state index is -0.932. The first kappa shape index (κ1) is 16.2. The highest BCUT2D eigenvalue weighted by molar-refractivity contribution is 5.85. The summed E-state index contributed by atoms with van der Waals surface area (Å²) in [6, 6.07) is 11.7. The molecule has 130 valence electrons. The highest BCUT2D eigenvalue weighted by Crippen LogP contribution is 2.44. The highest BCUT2D eigenvalue weighted by atomic mass is 19.1. The van der Waals surface area contributed by atoms with Crippen molar-refractivity contribution in [2.45, 2.75) is 37.3 Å². The van der Waals surface area contributed by atoms with Crippen LogP contribution < -0.4 is 10.6 Å². The Hall–Kier alpha value is -2.27. The smallest absolute Gasteiger partial charge is 0.229 e. The number of amides is 1. The quantitative estimate of drug-likeness (QED) is 0.898. The van der Waals surface area contributed by atoms with Crippen LogP contribution in [0.2, 0.25) is 0 Å². The van der Waals surface area contributed by atoms with Crippen LogP contribution in [0.5, 0.6) is 0 Å². The first-order valence-corrected chi connectivity index (χ1v) is 8.66. The Morgan fingerprint density at radius 1 is 1.08 bits per heavy atom. The molecule has 0 radical (unpaired) electrons. The average molecular weight is 342 g/mol. The van der Waals surface area contributed by atoms with Crippen molar-refractivity contribution in [2.75, 3.05) is 6.54 Å². The summed E-state index contributed by atoms with van der Waals surface area (Å²) in [6.07, 6.45) is 1.95. The lowest BCUT2D eigenvalue weighted by atomic mass is 9.71. The summed E-state index contributed by atoms with van der Waals surface area (Å²) in [4.78, 5) is 13.0. The van der Waals surface area contributed by atoms with Gasteiger partial charge in [0.1, 0.15) is 11.6 Å². The Kier molecular flexibility index (Phi) is 4.04. The van der Waals surface area contributed by atoms with E-state index in [1.165, 1.54) is 18.2 Å². The Bertz CT molecular complexity index is 797. The summed E-state index contributed by atoms with van der Waals surface area (Å²) in [6.45, 7) is 1.26. The number of halogens is 2. The van der Waals surface area contributed by atoms with E-state index in [1.54, 1.807) is 0 Å². The molecule has 0 aromatic heterocycles. The van der Waals surface area contributed by atoms with Gasteiger partial charge in [0.05, 0.1) is 11.5 Å². The molecule has 25 heavy (non-hydrogen) atoms. The van der Waals surface area contributed by atoms with Crippen LogP contribution in [0.3, 0.4) is 0 Å². The molecule has 2 aliphatic rings. The lowest BCUT2D eigenvalue weighted by Crippen LogP contribution is -2.54. The van der Waals surface area contributed by atoms with Crippen LogP contribution >= 0.6 is 0 Å². The lowest BCUT2D eigenvalue weighted by Gasteiger charge is -2.44. The molecule has 2 aromatic rings. The predicted octanol–water partition coefficient (Wildman–Crippen LogP) is 3.35. The average Bonchev–Trinajstić information content (AvgIpc) is 2.58. The van der Waals surface area contributed by atoms with Gasteiger partial charge in [0.15, 0.2) is 0 Å². The molecular formula is C20H20F2N2O. The lowest BCUT2D eigenvalue weighted by molar-refractivity contribution is -0.126. The van der Waals surface area contributed by atoms with E-state index in [-0.39, 0.29) is 17.4 Å². The van der Waals surface area contributed by atoms with Crippen molar-refractivity contribution >= 4 is 5.91 Å². The van der Waals surface area contributed by atoms with Crippen LogP contribution in [0.25, 0.3) is 0 Å². The van der Waals surface area contributed by atoms with Crippen molar-refractivity contribution in [1.29, 1.82) is 0 Å². The van der Waals surface area contributed by atoms with Crippen molar-refractivity contribution < 1.29 is 13.6 Å². The van der Waals surface area contributed by atoms with E-state index in [1.807, 2.05) is 24.3 Å². The van der Waals surface area contributed by atoms with Gasteiger partial charge < -0.3 is 10.6 Å². The van der Waals surface area contributed by atoms with Gasteiger partial charge in [-0.2, -0.15) is 0 Å². The van der Waals surface area contributed by atoms with Gasteiger partial charge in [0.25, 0.3) is 0 Å². The molecule has 1 aliphatic heterocycles. The third kappa shape index (κ3) is 2.72. The predicted molar refractivity (Wildman–Crippen MR) is 90.9 cm³/mol. The van der Waals surface area contributed by atoms with Gasteiger partial charge in [-0.3, -0.25) is 4.79 Å². The minimum absolute atomic E-state index is 0.00773. The van der Waals surface area contributed by atoms with Crippen LogP contribution in [0.15, 0.2) is 42.5 Å². The zero-order chi connectivity index (χ0) is 17.4. The number of carbonyl (C=O) groups excluding carboxylic acids is 1. The highest BCUT2D eigenvalue weighted by Gasteiger charge is 2.45. The maximum Gasteiger partial charge on any atom is 0.229 e. The maximum atomic E-state index is 14.3. The second kappa shape index (κ2) is 6.23. The van der Waals surface area contributed by atoms with Crippen molar-refractivity contribution in [3.05, 3.63) is 70.8 Å². The number of hydrogen-bond acceptors (Lipinski definition) is 2. The third-order valence-corrected chi connectivity index (χ3v) is 5.42. The van der Waals surface area contributed by atoms with Gasteiger partial charge in [-0.15, -0.1) is 0 Å². The number of nitrogens with one attached hydrogen (secondary N) is 2. The summed E-state index contributed by atoms with van der Waals surface area (Å²) in [7, 11) is 0. The largest absolute Gasteiger partial charge is 0.346 e. The fourth-order valence-corrected chi connectivity index (χ4v) is 3.98. The molecule has 0 bridgehead atoms. The Balaban J connectivity index is 1.64. The maximum absolute atomic E-state index is 14.3. The molecule has 2 aromatic carbocycles. The number of hydrogen-bond donors (Lipinski definition) is 2. The molecule has 1 fully saturated rings. The van der Waals surface area contributed by atoms with Gasteiger partial charge >= 0.3 is 0 Å². The molecule has 3 nitrogen and oxygen atoms in total. The first-order chi connectivity index (χ1) is 12.1. The van der Waals surface area contributed by atoms with E-state index in [0.717, 1.165) is 24.1 Å². The molecule has 1 heterocycles. The Labute approximate surface area is 145 Å². The molecular weight excluding hydrogens is 322 g/mol. The van der Waals surface area contributed by atoms with Gasteiger partial charge in [-0.25, -0.2) is 8.78 Å². The standard InChI is InChI=1S/C20H20F2N2O/c21-16-7-3-8-17(22)18(16)20(9-4-10-20)24-19(25)15-12-23-11-13-5-1-2-6-14(13)15/h1-3,5-8,15,23H,4,9-12H2,(H,24,25). The molecule has 1 atom stereocenters. The summed E-state index contributed by atoms with van der Waals surface area (Å²) < 4.78 is 28.6. The van der Waals surface area contributed by atoms with Crippen molar-refractivity contribution in [3.8, 4) is 0 Å². The first-order valence-electron chi connectivity index (χ1n) is 8.66. The van der Waals surface area contributed by atoms with Crippen LogP contribution in [0.1, 0.15) is 41.9 Å². The van der Waals surface area contributed by atoms with Crippen LogP contribution in [0.4, 0.5) is 8.78 Å². The van der Waals surface area contributed by atoms with Crippen molar-refractivity contribution in [1.82, 2.24) is 10.6 Å². The Morgan fingerprint density at radius 3 is 2.48 bits per heavy atom. The van der Waals surface area contributed by atoms with Gasteiger partial charge in [0, 0.05) is 18.7 Å². The van der Waals surface area contributed by atoms with Crippen LogP contribution in [-0.4, -0.2) is 12.5 Å². The fourth-order valence-electron chi connectivity index (χ4n) is 3.98. The van der Waals surface area contributed by atoms with Crippen LogP contribution in [0, 0.1) is 11.6 Å². The van der Waals surface area contributed by atoms with E-state index in [4.69, 9.17) is 0 Å². The topological polar surface area (TPSA) is 41.1 Å². The molecule has 0 saturated heterocycles. The number of rotatable bonds is 3. The monoisotopic (exact) mass is 342 g/mol. The second-order valence-corrected chi connectivity index (χ2v) is 6.90. The molecule has 4 rings (SSSR count). The van der Waals surface area contributed by atoms with Crippen LogP contribution in [-0.2, 0) is 16.9 Å². The number of carbonyl (C=O) groups is 1. The minimum Gasteiger partial charge on any atom is -0.346 e. The van der Waals surface area contributed by atoms with Crippen molar-refractivity contribution in [2.24, 2.45) is 0 Å². The zero-order valence-corrected chi connectivity index (χ0v) is 13.8. The Morgan fingerprint density at radius 2 is 1.80 bits per heavy atom. The molecule has 1 aliphatic carbocycles. The summed E-state index contributed by atoms with van der Waals surface area (Å²) in [5.41, 5.74) is 1.14. The van der Waals surface area contributed by atoms with Gasteiger partial charge in [-0.1, -0.05) is 30.3 Å². The summed E-state index contributed by atoms with van der Waals surface area (Å²) in [5.74, 6) is -1.72. The zero-order valence-electron chi connectivity index (χ0n) is 13.8. The normalized spacial score (nSPS) is 21.1. The molecule has 1 saturated carbocycles. The van der Waals surface area contributed by atoms with E-state index >= 15 is 0 Å². The van der Waals surface area contributed by atoms with Gasteiger partial charge in [-0.05, 0) is 42.5 Å². The van der Waals surface area contributed by atoms with E-state index in [9.17, 15) is 13.6 Å². The molecule has 2 N–H and O–H groups in total. The second-order valence-electron chi connectivity index (χ2n) is 6.90. The van der Waals surface area contributed by atoms with Gasteiger partial charge in [0.2, 0.25) is 5.91 Å². The number of fused-ring (bicyclic) bond motifs is 1. The van der Waals surface area contributed by atoms with E-state index in [0.29, 0.717) is 19.4 Å². The molecule has 5 heteroatoms. The van der Waals surface area contributed by atoms with E-state index in [2.05, 4.69) is 10.6 Å². The summed E-state index contributed by atoms with van der Waals surface area (Å²) in [5, 5.41) is 6.23. The molecule has 1 unspecified atom stereocenters. The molecule has 1 amide bonds.